The number of hydrogen-bond donors (Lipinski definition) is 1. The second-order valence-electron chi connectivity index (χ2n) is 4.43. The fourth-order valence-corrected chi connectivity index (χ4v) is 2.69. The van der Waals surface area contributed by atoms with E-state index in [1.54, 1.807) is 16.0 Å². The Morgan fingerprint density at radius 2 is 2.39 bits per heavy atom. The Labute approximate surface area is 111 Å². The van der Waals surface area contributed by atoms with Crippen LogP contribution in [0.3, 0.4) is 0 Å². The molecule has 2 rings (SSSR count). The molecule has 0 bridgehead atoms. The second kappa shape index (κ2) is 5.23. The summed E-state index contributed by atoms with van der Waals surface area (Å²) in [6.45, 7) is 3.97. The zero-order valence-electron chi connectivity index (χ0n) is 10.8. The first-order valence-electron chi connectivity index (χ1n) is 5.83. The summed E-state index contributed by atoms with van der Waals surface area (Å²) in [5.41, 5.74) is 2.72. The summed E-state index contributed by atoms with van der Waals surface area (Å²) < 4.78 is 1.73. The van der Waals surface area contributed by atoms with Gasteiger partial charge in [-0.2, -0.15) is 21.7 Å². The molecule has 0 aliphatic rings. The number of aryl methyl sites for hydroxylation is 2. The molecule has 18 heavy (non-hydrogen) atoms. The van der Waals surface area contributed by atoms with E-state index in [9.17, 15) is 0 Å². The van der Waals surface area contributed by atoms with Crippen molar-refractivity contribution in [1.82, 2.24) is 9.78 Å². The van der Waals surface area contributed by atoms with Crippen LogP contribution in [0.1, 0.15) is 23.7 Å². The van der Waals surface area contributed by atoms with Crippen molar-refractivity contribution in [3.8, 4) is 6.07 Å². The summed E-state index contributed by atoms with van der Waals surface area (Å²) in [6, 6.07) is 4.60. The highest BCUT2D eigenvalue weighted by molar-refractivity contribution is 7.07. The molecule has 0 aliphatic heterocycles. The van der Waals surface area contributed by atoms with E-state index < -0.39 is 0 Å². The van der Waals surface area contributed by atoms with Crippen LogP contribution in [0.4, 0.5) is 5.82 Å². The van der Waals surface area contributed by atoms with Crippen molar-refractivity contribution >= 4 is 17.2 Å². The number of nitrogens with one attached hydrogen (secondary N) is 1. The lowest BCUT2D eigenvalue weighted by Gasteiger charge is -2.14. The van der Waals surface area contributed by atoms with Gasteiger partial charge < -0.3 is 5.32 Å². The predicted molar refractivity (Wildman–Crippen MR) is 73.8 cm³/mol. The Morgan fingerprint density at radius 3 is 3.00 bits per heavy atom. The number of nitriles is 1. The van der Waals surface area contributed by atoms with Crippen molar-refractivity contribution in [2.45, 2.75) is 26.3 Å². The number of rotatable bonds is 4. The van der Waals surface area contributed by atoms with Gasteiger partial charge in [0.2, 0.25) is 0 Å². The molecule has 2 aromatic heterocycles. The fraction of sp³-hybridized carbons (Fsp3) is 0.385. The van der Waals surface area contributed by atoms with Crippen molar-refractivity contribution in [2.24, 2.45) is 7.05 Å². The lowest BCUT2D eigenvalue weighted by Crippen LogP contribution is -2.20. The van der Waals surface area contributed by atoms with Gasteiger partial charge in [-0.25, -0.2) is 0 Å². The summed E-state index contributed by atoms with van der Waals surface area (Å²) in [7, 11) is 1.85. The third kappa shape index (κ3) is 2.54. The average Bonchev–Trinajstić information content (AvgIpc) is 2.89. The van der Waals surface area contributed by atoms with Gasteiger partial charge in [0.15, 0.2) is 0 Å². The van der Waals surface area contributed by atoms with Crippen molar-refractivity contribution in [2.75, 3.05) is 5.32 Å². The topological polar surface area (TPSA) is 53.6 Å². The Bertz CT molecular complexity index is 563. The van der Waals surface area contributed by atoms with Crippen molar-refractivity contribution in [3.05, 3.63) is 33.6 Å². The molecule has 94 valence electrons. The molecule has 5 heteroatoms. The molecule has 0 fully saturated rings. The molecule has 0 saturated heterocycles. The summed E-state index contributed by atoms with van der Waals surface area (Å²) in [5.74, 6) is 0.803. The van der Waals surface area contributed by atoms with E-state index in [0.29, 0.717) is 5.56 Å². The summed E-state index contributed by atoms with van der Waals surface area (Å²) in [5, 5.41) is 21.0. The van der Waals surface area contributed by atoms with Crippen LogP contribution in [0.15, 0.2) is 16.8 Å². The quantitative estimate of drug-likeness (QED) is 0.919. The van der Waals surface area contributed by atoms with E-state index in [1.807, 2.05) is 14.0 Å². The largest absolute Gasteiger partial charge is 0.366 e. The number of aromatic nitrogens is 2. The number of anilines is 1. The van der Waals surface area contributed by atoms with Crippen molar-refractivity contribution in [3.63, 3.8) is 0 Å². The molecule has 1 atom stereocenters. The molecule has 0 aliphatic carbocycles. The molecule has 4 nitrogen and oxygen atoms in total. The van der Waals surface area contributed by atoms with Gasteiger partial charge in [0.1, 0.15) is 17.5 Å². The van der Waals surface area contributed by atoms with Crippen LogP contribution in [0, 0.1) is 18.3 Å². The molecule has 2 aromatic rings. The van der Waals surface area contributed by atoms with Gasteiger partial charge in [0.05, 0.1) is 5.69 Å². The monoisotopic (exact) mass is 260 g/mol. The summed E-state index contributed by atoms with van der Waals surface area (Å²) in [6.07, 6.45) is 0.943. The van der Waals surface area contributed by atoms with Crippen LogP contribution in [0.25, 0.3) is 0 Å². The summed E-state index contributed by atoms with van der Waals surface area (Å²) >= 11 is 1.71. The molecule has 0 radical (unpaired) electrons. The maximum Gasteiger partial charge on any atom is 0.142 e. The van der Waals surface area contributed by atoms with E-state index in [0.717, 1.165) is 17.9 Å². The van der Waals surface area contributed by atoms with E-state index in [-0.39, 0.29) is 6.04 Å². The van der Waals surface area contributed by atoms with Crippen LogP contribution in [-0.4, -0.2) is 15.8 Å². The van der Waals surface area contributed by atoms with Crippen molar-refractivity contribution in [1.29, 1.82) is 5.26 Å². The van der Waals surface area contributed by atoms with Crippen LogP contribution in [-0.2, 0) is 13.5 Å². The maximum absolute atomic E-state index is 9.14. The van der Waals surface area contributed by atoms with Gasteiger partial charge in [0, 0.05) is 13.1 Å². The first-order chi connectivity index (χ1) is 8.61. The van der Waals surface area contributed by atoms with Crippen LogP contribution in [0.5, 0.6) is 0 Å². The van der Waals surface area contributed by atoms with Crippen LogP contribution >= 0.6 is 11.3 Å². The number of nitrogens with zero attached hydrogens (tertiary/aromatic N) is 3. The van der Waals surface area contributed by atoms with E-state index in [2.05, 4.69) is 40.2 Å². The summed E-state index contributed by atoms with van der Waals surface area (Å²) in [4.78, 5) is 0. The molecule has 0 saturated carbocycles. The Morgan fingerprint density at radius 1 is 1.61 bits per heavy atom. The zero-order valence-corrected chi connectivity index (χ0v) is 11.6. The van der Waals surface area contributed by atoms with Crippen LogP contribution in [0.2, 0.25) is 0 Å². The van der Waals surface area contributed by atoms with Gasteiger partial charge in [-0.05, 0) is 42.7 Å². The van der Waals surface area contributed by atoms with Gasteiger partial charge in [-0.15, -0.1) is 0 Å². The third-order valence-corrected chi connectivity index (χ3v) is 3.57. The molecule has 1 N–H and O–H groups in total. The minimum atomic E-state index is 0.265. The minimum absolute atomic E-state index is 0.265. The van der Waals surface area contributed by atoms with Gasteiger partial charge in [0.25, 0.3) is 0 Å². The molecule has 0 aromatic carbocycles. The normalized spacial score (nSPS) is 12.1. The number of thiophene rings is 1. The third-order valence-electron chi connectivity index (χ3n) is 2.84. The molecular weight excluding hydrogens is 244 g/mol. The zero-order chi connectivity index (χ0) is 13.1. The highest BCUT2D eigenvalue weighted by Crippen LogP contribution is 2.19. The van der Waals surface area contributed by atoms with Gasteiger partial charge in [-0.1, -0.05) is 0 Å². The standard InChI is InChI=1S/C13H16N4S/c1-9(6-11-4-5-18-8-11)15-13-12(7-14)10(2)16-17(13)3/h4-5,8-9,15H,6H2,1-3H3. The molecular formula is C13H16N4S. The van der Waals surface area contributed by atoms with Gasteiger partial charge in [-0.3, -0.25) is 4.68 Å². The smallest absolute Gasteiger partial charge is 0.142 e. The van der Waals surface area contributed by atoms with Crippen molar-refractivity contribution < 1.29 is 0 Å². The predicted octanol–water partition coefficient (Wildman–Crippen LogP) is 2.70. The highest BCUT2D eigenvalue weighted by atomic mass is 32.1. The maximum atomic E-state index is 9.14. The first kappa shape index (κ1) is 12.7. The lowest BCUT2D eigenvalue weighted by atomic mass is 10.1. The second-order valence-corrected chi connectivity index (χ2v) is 5.21. The Kier molecular flexibility index (Phi) is 3.68. The average molecular weight is 260 g/mol. The molecule has 0 spiro atoms. The van der Waals surface area contributed by atoms with E-state index >= 15 is 0 Å². The number of hydrogen-bond acceptors (Lipinski definition) is 4. The molecule has 1 unspecified atom stereocenters. The Hall–Kier alpha value is -1.80. The van der Waals surface area contributed by atoms with E-state index in [1.165, 1.54) is 5.56 Å². The van der Waals surface area contributed by atoms with E-state index in [4.69, 9.17) is 5.26 Å². The van der Waals surface area contributed by atoms with Gasteiger partial charge >= 0.3 is 0 Å². The lowest BCUT2D eigenvalue weighted by molar-refractivity contribution is 0.725. The SMILES string of the molecule is Cc1nn(C)c(NC(C)Cc2ccsc2)c1C#N. The molecule has 0 amide bonds. The van der Waals surface area contributed by atoms with Crippen LogP contribution < -0.4 is 5.32 Å². The highest BCUT2D eigenvalue weighted by Gasteiger charge is 2.14. The first-order valence-corrected chi connectivity index (χ1v) is 6.77. The fourth-order valence-electron chi connectivity index (χ4n) is 2.00. The Balaban J connectivity index is 2.12. The molecule has 2 heterocycles. The minimum Gasteiger partial charge on any atom is -0.366 e.